The second kappa shape index (κ2) is 6.07. The Morgan fingerprint density at radius 2 is 2.25 bits per heavy atom. The Labute approximate surface area is 118 Å². The van der Waals surface area contributed by atoms with Crippen molar-refractivity contribution in [2.75, 3.05) is 13.1 Å². The second-order valence-electron chi connectivity index (χ2n) is 5.55. The topological polar surface area (TPSA) is 75.4 Å². The number of amides is 1. The van der Waals surface area contributed by atoms with E-state index in [9.17, 15) is 9.59 Å². The molecule has 0 bridgehead atoms. The van der Waals surface area contributed by atoms with E-state index in [1.165, 1.54) is 0 Å². The molecule has 0 aliphatic carbocycles. The van der Waals surface area contributed by atoms with Crippen LogP contribution in [0.15, 0.2) is 12.4 Å². The molecule has 1 aromatic heterocycles. The summed E-state index contributed by atoms with van der Waals surface area (Å²) in [5, 5.41) is 8.94. The largest absolute Gasteiger partial charge is 0.481 e. The van der Waals surface area contributed by atoms with E-state index >= 15 is 0 Å². The molecule has 6 nitrogen and oxygen atoms in total. The fourth-order valence-electron chi connectivity index (χ4n) is 2.57. The zero-order valence-corrected chi connectivity index (χ0v) is 12.0. The summed E-state index contributed by atoms with van der Waals surface area (Å²) in [6.45, 7) is 5.63. The fourth-order valence-corrected chi connectivity index (χ4v) is 2.57. The molecule has 0 aromatic carbocycles. The van der Waals surface area contributed by atoms with E-state index < -0.39 is 11.9 Å². The maximum atomic E-state index is 12.1. The minimum atomic E-state index is -0.808. The predicted octanol–water partition coefficient (Wildman–Crippen LogP) is 1.33. The smallest absolute Gasteiger partial charge is 0.308 e. The van der Waals surface area contributed by atoms with E-state index in [2.05, 4.69) is 18.8 Å². The number of nitrogens with zero attached hydrogens (tertiary/aromatic N) is 3. The van der Waals surface area contributed by atoms with Gasteiger partial charge in [0, 0.05) is 44.4 Å². The van der Waals surface area contributed by atoms with Crippen molar-refractivity contribution < 1.29 is 14.7 Å². The van der Waals surface area contributed by atoms with Crippen LogP contribution >= 0.6 is 0 Å². The molecule has 1 aliphatic heterocycles. The number of likely N-dealkylation sites (tertiary alicyclic amines) is 1. The average molecular weight is 279 g/mol. The number of carboxylic acids is 1. The minimum absolute atomic E-state index is 0.0251. The van der Waals surface area contributed by atoms with Crippen LogP contribution in [0.2, 0.25) is 0 Å². The maximum Gasteiger partial charge on any atom is 0.308 e. The molecule has 1 N–H and O–H groups in total. The van der Waals surface area contributed by atoms with E-state index in [0.717, 1.165) is 5.82 Å². The van der Waals surface area contributed by atoms with Crippen LogP contribution in [0.4, 0.5) is 0 Å². The van der Waals surface area contributed by atoms with Crippen LogP contribution < -0.4 is 0 Å². The number of aliphatic carboxylic acids is 1. The fraction of sp³-hybridized carbons (Fsp3) is 0.643. The third-order valence-corrected chi connectivity index (χ3v) is 3.72. The van der Waals surface area contributed by atoms with Gasteiger partial charge in [0.05, 0.1) is 5.92 Å². The monoisotopic (exact) mass is 279 g/mol. The molecule has 110 valence electrons. The standard InChI is InChI=1S/C14H21N3O3/c1-10(2)13-15-5-8-16(13)7-4-12(18)17-6-3-11(9-17)14(19)20/h5,8,10-11H,3-4,6-7,9H2,1-2H3,(H,19,20). The molecule has 1 atom stereocenters. The number of rotatable bonds is 5. The number of hydrogen-bond donors (Lipinski definition) is 1. The van der Waals surface area contributed by atoms with Crippen LogP contribution in [0.3, 0.4) is 0 Å². The van der Waals surface area contributed by atoms with Gasteiger partial charge >= 0.3 is 5.97 Å². The molecule has 1 saturated heterocycles. The minimum Gasteiger partial charge on any atom is -0.481 e. The molecule has 0 saturated carbocycles. The summed E-state index contributed by atoms with van der Waals surface area (Å²) >= 11 is 0. The summed E-state index contributed by atoms with van der Waals surface area (Å²) in [7, 11) is 0. The zero-order valence-electron chi connectivity index (χ0n) is 12.0. The molecule has 6 heteroatoms. The van der Waals surface area contributed by atoms with Crippen molar-refractivity contribution in [3.05, 3.63) is 18.2 Å². The van der Waals surface area contributed by atoms with Crippen molar-refractivity contribution >= 4 is 11.9 Å². The van der Waals surface area contributed by atoms with Gasteiger partial charge in [0.25, 0.3) is 0 Å². The lowest BCUT2D eigenvalue weighted by molar-refractivity contribution is -0.141. The highest BCUT2D eigenvalue weighted by Crippen LogP contribution is 2.18. The van der Waals surface area contributed by atoms with Crippen LogP contribution in [0.25, 0.3) is 0 Å². The Morgan fingerprint density at radius 3 is 2.85 bits per heavy atom. The van der Waals surface area contributed by atoms with Crippen LogP contribution in [0, 0.1) is 5.92 Å². The van der Waals surface area contributed by atoms with Crippen molar-refractivity contribution in [3.63, 3.8) is 0 Å². The number of carbonyl (C=O) groups is 2. The van der Waals surface area contributed by atoms with Gasteiger partial charge in [-0.2, -0.15) is 0 Å². The lowest BCUT2D eigenvalue weighted by Crippen LogP contribution is -2.30. The molecule has 2 rings (SSSR count). The SMILES string of the molecule is CC(C)c1nccn1CCC(=O)N1CCC(C(=O)O)C1. The number of carboxylic acid groups (broad SMARTS) is 1. The second-order valence-corrected chi connectivity index (χ2v) is 5.55. The van der Waals surface area contributed by atoms with Crippen molar-refractivity contribution in [3.8, 4) is 0 Å². The van der Waals surface area contributed by atoms with Gasteiger partial charge in [0.15, 0.2) is 0 Å². The van der Waals surface area contributed by atoms with Gasteiger partial charge in [-0.1, -0.05) is 13.8 Å². The lowest BCUT2D eigenvalue weighted by atomic mass is 10.1. The first-order valence-corrected chi connectivity index (χ1v) is 7.00. The normalized spacial score (nSPS) is 18.8. The number of aromatic nitrogens is 2. The van der Waals surface area contributed by atoms with E-state index in [1.807, 2.05) is 10.8 Å². The predicted molar refractivity (Wildman–Crippen MR) is 73.3 cm³/mol. The van der Waals surface area contributed by atoms with E-state index in [0.29, 0.717) is 38.4 Å². The van der Waals surface area contributed by atoms with Gasteiger partial charge in [-0.25, -0.2) is 4.98 Å². The third-order valence-electron chi connectivity index (χ3n) is 3.72. The van der Waals surface area contributed by atoms with Gasteiger partial charge < -0.3 is 14.6 Å². The van der Waals surface area contributed by atoms with Gasteiger partial charge in [0.1, 0.15) is 5.82 Å². The van der Waals surface area contributed by atoms with E-state index in [-0.39, 0.29) is 5.91 Å². The van der Waals surface area contributed by atoms with Crippen LogP contribution in [0.1, 0.15) is 38.4 Å². The Bertz CT molecular complexity index is 496. The molecule has 0 spiro atoms. The molecular weight excluding hydrogens is 258 g/mol. The molecule has 1 amide bonds. The number of imidazole rings is 1. The van der Waals surface area contributed by atoms with Crippen molar-refractivity contribution in [2.45, 2.75) is 39.2 Å². The third kappa shape index (κ3) is 3.18. The lowest BCUT2D eigenvalue weighted by Gasteiger charge is -2.17. The summed E-state index contributed by atoms with van der Waals surface area (Å²) in [4.78, 5) is 28.9. The van der Waals surface area contributed by atoms with Crippen molar-refractivity contribution in [2.24, 2.45) is 5.92 Å². The Hall–Kier alpha value is -1.85. The molecule has 1 fully saturated rings. The zero-order chi connectivity index (χ0) is 14.7. The summed E-state index contributed by atoms with van der Waals surface area (Å²) in [5.41, 5.74) is 0. The maximum absolute atomic E-state index is 12.1. The highest BCUT2D eigenvalue weighted by Gasteiger charge is 2.30. The van der Waals surface area contributed by atoms with Crippen molar-refractivity contribution in [1.29, 1.82) is 0 Å². The highest BCUT2D eigenvalue weighted by molar-refractivity contribution is 5.78. The van der Waals surface area contributed by atoms with Crippen LogP contribution in [-0.2, 0) is 16.1 Å². The Balaban J connectivity index is 1.87. The Kier molecular flexibility index (Phi) is 4.42. The summed E-state index contributed by atoms with van der Waals surface area (Å²) in [6, 6.07) is 0. The molecule has 1 aromatic rings. The molecular formula is C14H21N3O3. The van der Waals surface area contributed by atoms with E-state index in [1.54, 1.807) is 11.1 Å². The average Bonchev–Trinajstić information content (AvgIpc) is 3.04. The van der Waals surface area contributed by atoms with Crippen LogP contribution in [0.5, 0.6) is 0 Å². The van der Waals surface area contributed by atoms with E-state index in [4.69, 9.17) is 5.11 Å². The molecule has 2 heterocycles. The van der Waals surface area contributed by atoms with Crippen LogP contribution in [-0.4, -0.2) is 44.5 Å². The first-order chi connectivity index (χ1) is 9.49. The quantitative estimate of drug-likeness (QED) is 0.882. The first kappa shape index (κ1) is 14.6. The van der Waals surface area contributed by atoms with Gasteiger partial charge in [-0.3, -0.25) is 9.59 Å². The number of carbonyl (C=O) groups excluding carboxylic acids is 1. The highest BCUT2D eigenvalue weighted by atomic mass is 16.4. The number of hydrogen-bond acceptors (Lipinski definition) is 3. The summed E-state index contributed by atoms with van der Waals surface area (Å²) in [5.74, 6) is 0.110. The Morgan fingerprint density at radius 1 is 1.50 bits per heavy atom. The van der Waals surface area contributed by atoms with Gasteiger partial charge in [-0.05, 0) is 6.42 Å². The van der Waals surface area contributed by atoms with Gasteiger partial charge in [0.2, 0.25) is 5.91 Å². The summed E-state index contributed by atoms with van der Waals surface area (Å²) < 4.78 is 1.99. The van der Waals surface area contributed by atoms with Gasteiger partial charge in [-0.15, -0.1) is 0 Å². The molecule has 1 aliphatic rings. The van der Waals surface area contributed by atoms with Crippen molar-refractivity contribution in [1.82, 2.24) is 14.5 Å². The molecule has 20 heavy (non-hydrogen) atoms. The number of aryl methyl sites for hydroxylation is 1. The first-order valence-electron chi connectivity index (χ1n) is 7.00. The summed E-state index contributed by atoms with van der Waals surface area (Å²) in [6.07, 6.45) is 4.58. The molecule has 0 radical (unpaired) electrons. The molecule has 1 unspecified atom stereocenters.